The summed E-state index contributed by atoms with van der Waals surface area (Å²) in [4.78, 5) is 26.2. The van der Waals surface area contributed by atoms with Gasteiger partial charge < -0.3 is 10.2 Å². The van der Waals surface area contributed by atoms with E-state index in [9.17, 15) is 18.5 Å². The van der Waals surface area contributed by atoms with Crippen LogP contribution in [0.2, 0.25) is 0 Å². The van der Waals surface area contributed by atoms with Gasteiger partial charge in [-0.1, -0.05) is 6.07 Å². The first-order valence-corrected chi connectivity index (χ1v) is 12.4. The molecule has 1 N–H and O–H groups in total. The number of hydrogen-bond donors (Lipinski definition) is 1. The number of hydrogen-bond acceptors (Lipinski definition) is 9. The highest BCUT2D eigenvalue weighted by molar-refractivity contribution is 7.90. The summed E-state index contributed by atoms with van der Waals surface area (Å²) in [7, 11) is -3.33. The van der Waals surface area contributed by atoms with Crippen LogP contribution in [0.5, 0.6) is 0 Å². The highest BCUT2D eigenvalue weighted by atomic mass is 32.2. The van der Waals surface area contributed by atoms with Crippen molar-refractivity contribution in [2.24, 2.45) is 5.92 Å². The highest BCUT2D eigenvalue weighted by Crippen LogP contribution is 2.35. The summed E-state index contributed by atoms with van der Waals surface area (Å²) in [5.41, 5.74) is 1.34. The Kier molecular flexibility index (Phi) is 6.50. The molecule has 1 aliphatic heterocycles. The van der Waals surface area contributed by atoms with Crippen LogP contribution in [0.4, 0.5) is 23.0 Å². The molecule has 0 unspecified atom stereocenters. The van der Waals surface area contributed by atoms with Gasteiger partial charge in [0.05, 0.1) is 9.82 Å². The van der Waals surface area contributed by atoms with Crippen molar-refractivity contribution in [3.8, 4) is 0 Å². The van der Waals surface area contributed by atoms with E-state index in [0.29, 0.717) is 24.7 Å². The van der Waals surface area contributed by atoms with Gasteiger partial charge in [0.1, 0.15) is 6.33 Å². The number of piperidine rings is 1. The first kappa shape index (κ1) is 22.6. The van der Waals surface area contributed by atoms with Crippen molar-refractivity contribution in [2.45, 2.75) is 24.2 Å². The molecule has 0 amide bonds. The van der Waals surface area contributed by atoms with Gasteiger partial charge in [-0.05, 0) is 61.6 Å². The first-order chi connectivity index (χ1) is 15.8. The van der Waals surface area contributed by atoms with Gasteiger partial charge in [0.2, 0.25) is 11.6 Å². The predicted molar refractivity (Wildman–Crippen MR) is 124 cm³/mol. The first-order valence-electron chi connectivity index (χ1n) is 10.5. The lowest BCUT2D eigenvalue weighted by atomic mass is 9.92. The topological polar surface area (TPSA) is 131 Å². The van der Waals surface area contributed by atoms with E-state index in [2.05, 4.69) is 20.3 Å². The molecule has 0 bridgehead atoms. The van der Waals surface area contributed by atoms with Crippen molar-refractivity contribution in [2.75, 3.05) is 29.6 Å². The molecule has 10 nitrogen and oxygen atoms in total. The summed E-state index contributed by atoms with van der Waals surface area (Å²) in [5, 5.41) is 14.9. The lowest BCUT2D eigenvalue weighted by molar-refractivity contribution is -0.383. The smallest absolute Gasteiger partial charge is 0.351 e. The van der Waals surface area contributed by atoms with E-state index in [4.69, 9.17) is 0 Å². The zero-order chi connectivity index (χ0) is 23.4. The van der Waals surface area contributed by atoms with Gasteiger partial charge in [0.25, 0.3) is 0 Å². The number of nitrogens with zero attached hydrogens (tertiary/aromatic N) is 5. The van der Waals surface area contributed by atoms with Crippen LogP contribution in [-0.4, -0.2) is 47.6 Å². The molecule has 1 aliphatic rings. The van der Waals surface area contributed by atoms with Gasteiger partial charge in [-0.3, -0.25) is 15.1 Å². The summed E-state index contributed by atoms with van der Waals surface area (Å²) < 4.78 is 23.3. The van der Waals surface area contributed by atoms with E-state index in [0.717, 1.165) is 31.2 Å². The van der Waals surface area contributed by atoms with Crippen LogP contribution in [0.15, 0.2) is 59.9 Å². The second-order valence-corrected chi connectivity index (χ2v) is 10.0. The summed E-state index contributed by atoms with van der Waals surface area (Å²) in [6.07, 6.45) is 6.86. The molecule has 1 aromatic carbocycles. The van der Waals surface area contributed by atoms with Crippen LogP contribution in [0.3, 0.4) is 0 Å². The fraction of sp³-hybridized carbons (Fsp3) is 0.318. The number of rotatable bonds is 7. The quantitative estimate of drug-likeness (QED) is 0.409. The predicted octanol–water partition coefficient (Wildman–Crippen LogP) is 3.39. The lowest BCUT2D eigenvalue weighted by Gasteiger charge is -2.32. The number of benzene rings is 1. The van der Waals surface area contributed by atoms with E-state index < -0.39 is 14.8 Å². The van der Waals surface area contributed by atoms with Crippen molar-refractivity contribution in [1.82, 2.24) is 15.0 Å². The van der Waals surface area contributed by atoms with Gasteiger partial charge in [-0.15, -0.1) is 0 Å². The Balaban J connectivity index is 1.50. The monoisotopic (exact) mass is 468 g/mol. The van der Waals surface area contributed by atoms with Crippen LogP contribution in [-0.2, 0) is 16.3 Å². The summed E-state index contributed by atoms with van der Waals surface area (Å²) in [5.74, 6) is 0.803. The molecular weight excluding hydrogens is 444 g/mol. The lowest BCUT2D eigenvalue weighted by Crippen LogP contribution is -2.35. The van der Waals surface area contributed by atoms with E-state index in [-0.39, 0.29) is 22.2 Å². The number of aromatic nitrogens is 3. The molecular formula is C22H24N6O4S. The van der Waals surface area contributed by atoms with E-state index in [1.165, 1.54) is 18.5 Å². The Labute approximate surface area is 191 Å². The van der Waals surface area contributed by atoms with Crippen molar-refractivity contribution in [1.29, 1.82) is 0 Å². The zero-order valence-electron chi connectivity index (χ0n) is 18.1. The highest BCUT2D eigenvalue weighted by Gasteiger charge is 2.30. The van der Waals surface area contributed by atoms with Crippen molar-refractivity contribution < 1.29 is 13.3 Å². The molecule has 2 aromatic heterocycles. The molecule has 0 aliphatic carbocycles. The molecule has 0 saturated carbocycles. The third-order valence-electron chi connectivity index (χ3n) is 5.67. The van der Waals surface area contributed by atoms with Crippen molar-refractivity contribution in [3.63, 3.8) is 0 Å². The number of nitrogens with one attached hydrogen (secondary N) is 1. The summed E-state index contributed by atoms with van der Waals surface area (Å²) in [6, 6.07) is 11.9. The third-order valence-corrected chi connectivity index (χ3v) is 6.80. The maximum Gasteiger partial charge on any atom is 0.353 e. The minimum Gasteiger partial charge on any atom is -0.351 e. The van der Waals surface area contributed by atoms with Crippen LogP contribution in [0.1, 0.15) is 18.5 Å². The molecule has 33 heavy (non-hydrogen) atoms. The average molecular weight is 469 g/mol. The Bertz CT molecular complexity index is 1230. The number of nitro groups is 1. The van der Waals surface area contributed by atoms with Gasteiger partial charge in [-0.25, -0.2) is 18.4 Å². The Morgan fingerprint density at radius 3 is 2.42 bits per heavy atom. The van der Waals surface area contributed by atoms with Crippen LogP contribution in [0.25, 0.3) is 0 Å². The Morgan fingerprint density at radius 1 is 1.09 bits per heavy atom. The molecule has 1 fully saturated rings. The SMILES string of the molecule is CS(=O)(=O)c1ccc(Nc2ncnc(N3CCC(Cc4ccccn4)CC3)c2[N+](=O)[O-])cc1. The standard InChI is InChI=1S/C22H24N6O4S/c1-33(31,32)19-7-5-17(6-8-19)26-21-20(28(29)30)22(25-15-24-21)27-12-9-16(10-13-27)14-18-4-2-3-11-23-18/h2-8,11,15-16H,9-10,12-14H2,1H3,(H,24,25,26). The molecule has 3 heterocycles. The molecule has 3 aromatic rings. The second kappa shape index (κ2) is 9.49. The minimum atomic E-state index is -3.33. The van der Waals surface area contributed by atoms with E-state index >= 15 is 0 Å². The number of anilines is 3. The van der Waals surface area contributed by atoms with Gasteiger partial charge in [-0.2, -0.15) is 0 Å². The molecule has 11 heteroatoms. The van der Waals surface area contributed by atoms with Crippen LogP contribution in [0, 0.1) is 16.0 Å². The Morgan fingerprint density at radius 2 is 1.82 bits per heavy atom. The maximum absolute atomic E-state index is 11.9. The molecule has 0 radical (unpaired) electrons. The molecule has 0 atom stereocenters. The molecule has 0 spiro atoms. The molecule has 4 rings (SSSR count). The van der Waals surface area contributed by atoms with Crippen molar-refractivity contribution >= 4 is 32.8 Å². The Hall–Kier alpha value is -3.60. The van der Waals surface area contributed by atoms with Crippen molar-refractivity contribution in [3.05, 3.63) is 70.8 Å². The number of pyridine rings is 1. The molecule has 172 valence electrons. The zero-order valence-corrected chi connectivity index (χ0v) is 18.9. The third kappa shape index (κ3) is 5.43. The van der Waals surface area contributed by atoms with Gasteiger partial charge in [0.15, 0.2) is 9.84 Å². The largest absolute Gasteiger partial charge is 0.353 e. The van der Waals surface area contributed by atoms with Crippen LogP contribution < -0.4 is 10.2 Å². The number of sulfone groups is 1. The maximum atomic E-state index is 11.9. The normalized spacial score (nSPS) is 14.8. The average Bonchev–Trinajstić information content (AvgIpc) is 2.80. The molecule has 1 saturated heterocycles. The minimum absolute atomic E-state index is 0.0627. The second-order valence-electron chi connectivity index (χ2n) is 8.03. The van der Waals surface area contributed by atoms with Crippen LogP contribution >= 0.6 is 0 Å². The van der Waals surface area contributed by atoms with E-state index in [1.54, 1.807) is 18.3 Å². The van der Waals surface area contributed by atoms with Gasteiger partial charge in [0, 0.05) is 36.9 Å². The fourth-order valence-corrected chi connectivity index (χ4v) is 4.58. The van der Waals surface area contributed by atoms with Gasteiger partial charge >= 0.3 is 5.69 Å². The fourth-order valence-electron chi connectivity index (χ4n) is 3.95. The summed E-state index contributed by atoms with van der Waals surface area (Å²) in [6.45, 7) is 1.30. The summed E-state index contributed by atoms with van der Waals surface area (Å²) >= 11 is 0. The van der Waals surface area contributed by atoms with E-state index in [1.807, 2.05) is 23.1 Å².